The van der Waals surface area contributed by atoms with Crippen molar-refractivity contribution in [2.45, 2.75) is 13.0 Å². The molecule has 8 heteroatoms. The Morgan fingerprint density at radius 1 is 1.03 bits per heavy atom. The lowest BCUT2D eigenvalue weighted by Crippen LogP contribution is -2.49. The number of ether oxygens (including phenoxy) is 1. The van der Waals surface area contributed by atoms with E-state index in [0.717, 1.165) is 31.9 Å². The zero-order valence-electron chi connectivity index (χ0n) is 17.9. The Kier molecular flexibility index (Phi) is 7.48. The van der Waals surface area contributed by atoms with Crippen molar-refractivity contribution in [3.63, 3.8) is 0 Å². The number of para-hydroxylation sites is 2. The maximum Gasteiger partial charge on any atom is 0.313 e. The van der Waals surface area contributed by atoms with Crippen LogP contribution in [-0.4, -0.2) is 72.6 Å². The predicted molar refractivity (Wildman–Crippen MR) is 116 cm³/mol. The maximum absolute atomic E-state index is 12.5. The normalized spacial score (nSPS) is 16.1. The van der Waals surface area contributed by atoms with Gasteiger partial charge in [0.2, 0.25) is 0 Å². The van der Waals surface area contributed by atoms with Crippen molar-refractivity contribution in [3.05, 3.63) is 48.3 Å². The second-order valence-corrected chi connectivity index (χ2v) is 7.49. The smallest absolute Gasteiger partial charge is 0.313 e. The molecule has 0 radical (unpaired) electrons. The minimum absolute atomic E-state index is 0.00570. The van der Waals surface area contributed by atoms with Gasteiger partial charge in [0.25, 0.3) is 0 Å². The number of anilines is 1. The van der Waals surface area contributed by atoms with Crippen LogP contribution in [0.5, 0.6) is 5.75 Å². The Labute approximate surface area is 177 Å². The summed E-state index contributed by atoms with van der Waals surface area (Å²) in [5, 5.41) is 5.47. The Morgan fingerprint density at radius 3 is 2.43 bits per heavy atom. The van der Waals surface area contributed by atoms with Crippen molar-refractivity contribution >= 4 is 17.5 Å². The molecule has 30 heavy (non-hydrogen) atoms. The monoisotopic (exact) mass is 413 g/mol. The standard InChI is InChI=1S/C22H31N5O3/c1-4-30-20-10-6-5-8-17(20)24-22(29)21(28)23-16-19(18-9-7-11-26(18)3)27-14-12-25(2)13-15-27/h5-11,19H,4,12-16H2,1-3H3,(H,23,28)(H,24,29)/t19-/m0/s1. The third-order valence-corrected chi connectivity index (χ3v) is 5.40. The number of amides is 2. The Morgan fingerprint density at radius 2 is 1.77 bits per heavy atom. The van der Waals surface area contributed by atoms with Gasteiger partial charge in [0.1, 0.15) is 5.75 Å². The van der Waals surface area contributed by atoms with Crippen LogP contribution in [-0.2, 0) is 16.6 Å². The summed E-state index contributed by atoms with van der Waals surface area (Å²) in [6, 6.07) is 11.1. The van der Waals surface area contributed by atoms with Gasteiger partial charge in [-0.15, -0.1) is 0 Å². The summed E-state index contributed by atoms with van der Waals surface area (Å²) >= 11 is 0. The third kappa shape index (κ3) is 5.40. The average Bonchev–Trinajstić information content (AvgIpc) is 3.16. The highest BCUT2D eigenvalue weighted by Gasteiger charge is 2.27. The maximum atomic E-state index is 12.5. The van der Waals surface area contributed by atoms with Crippen LogP contribution in [0.4, 0.5) is 5.69 Å². The SMILES string of the molecule is CCOc1ccccc1NC(=O)C(=O)NC[C@@H](c1cccn1C)N1CCN(C)CC1. The summed E-state index contributed by atoms with van der Waals surface area (Å²) in [6.45, 7) is 6.48. The number of piperazine rings is 1. The molecule has 1 aliphatic rings. The Balaban J connectivity index is 1.64. The minimum atomic E-state index is -0.703. The lowest BCUT2D eigenvalue weighted by molar-refractivity contribution is -0.136. The quantitative estimate of drug-likeness (QED) is 0.672. The zero-order valence-corrected chi connectivity index (χ0v) is 17.9. The summed E-state index contributed by atoms with van der Waals surface area (Å²) in [6.07, 6.45) is 2.00. The summed E-state index contributed by atoms with van der Waals surface area (Å²) < 4.78 is 7.57. The van der Waals surface area contributed by atoms with Gasteiger partial charge in [0.05, 0.1) is 18.3 Å². The average molecular weight is 414 g/mol. The molecular weight excluding hydrogens is 382 g/mol. The van der Waals surface area contributed by atoms with Crippen LogP contribution in [0.3, 0.4) is 0 Å². The first-order valence-corrected chi connectivity index (χ1v) is 10.3. The summed E-state index contributed by atoms with van der Waals surface area (Å²) in [7, 11) is 4.11. The molecule has 1 fully saturated rings. The fraction of sp³-hybridized carbons (Fsp3) is 0.455. The van der Waals surface area contributed by atoms with Crippen molar-refractivity contribution in [1.29, 1.82) is 0 Å². The number of nitrogens with one attached hydrogen (secondary N) is 2. The second kappa shape index (κ2) is 10.3. The van der Waals surface area contributed by atoms with Crippen molar-refractivity contribution < 1.29 is 14.3 Å². The van der Waals surface area contributed by atoms with E-state index in [-0.39, 0.29) is 6.04 Å². The van der Waals surface area contributed by atoms with Crippen LogP contribution in [0.15, 0.2) is 42.6 Å². The van der Waals surface area contributed by atoms with E-state index in [1.165, 1.54) is 0 Å². The Bertz CT molecular complexity index is 858. The molecular formula is C22H31N5O3. The van der Waals surface area contributed by atoms with E-state index < -0.39 is 11.8 Å². The molecule has 1 aliphatic heterocycles. The molecule has 2 amide bonds. The van der Waals surface area contributed by atoms with Crippen molar-refractivity contribution in [3.8, 4) is 5.75 Å². The number of likely N-dealkylation sites (N-methyl/N-ethyl adjacent to an activating group) is 1. The molecule has 1 aromatic heterocycles. The van der Waals surface area contributed by atoms with Gasteiger partial charge in [-0.3, -0.25) is 14.5 Å². The predicted octanol–water partition coefficient (Wildman–Crippen LogP) is 1.47. The number of aromatic nitrogens is 1. The molecule has 3 rings (SSSR count). The van der Waals surface area contributed by atoms with Gasteiger partial charge in [0.15, 0.2) is 0 Å². The fourth-order valence-corrected chi connectivity index (χ4v) is 3.67. The minimum Gasteiger partial charge on any atom is -0.492 e. The highest BCUT2D eigenvalue weighted by atomic mass is 16.5. The molecule has 1 saturated heterocycles. The van der Waals surface area contributed by atoms with E-state index in [1.807, 2.05) is 32.3 Å². The van der Waals surface area contributed by atoms with Crippen LogP contribution in [0.1, 0.15) is 18.7 Å². The van der Waals surface area contributed by atoms with Gasteiger partial charge >= 0.3 is 11.8 Å². The van der Waals surface area contributed by atoms with Crippen molar-refractivity contribution in [2.75, 3.05) is 51.7 Å². The number of rotatable bonds is 7. The molecule has 0 unspecified atom stereocenters. The first-order valence-electron chi connectivity index (χ1n) is 10.3. The number of nitrogens with zero attached hydrogens (tertiary/aromatic N) is 3. The lowest BCUT2D eigenvalue weighted by atomic mass is 10.1. The van der Waals surface area contributed by atoms with E-state index in [2.05, 4.69) is 38.1 Å². The molecule has 0 spiro atoms. The van der Waals surface area contributed by atoms with Gasteiger partial charge in [-0.1, -0.05) is 12.1 Å². The van der Waals surface area contributed by atoms with Gasteiger partial charge in [-0.25, -0.2) is 0 Å². The van der Waals surface area contributed by atoms with Gasteiger partial charge in [0, 0.05) is 51.7 Å². The molecule has 2 heterocycles. The molecule has 2 N–H and O–H groups in total. The summed E-state index contributed by atoms with van der Waals surface area (Å²) in [5.74, 6) is -0.818. The molecule has 1 atom stereocenters. The molecule has 8 nitrogen and oxygen atoms in total. The van der Waals surface area contributed by atoms with Crippen molar-refractivity contribution in [1.82, 2.24) is 19.7 Å². The molecule has 2 aromatic rings. The summed E-state index contributed by atoms with van der Waals surface area (Å²) in [5.41, 5.74) is 1.60. The third-order valence-electron chi connectivity index (χ3n) is 5.40. The zero-order chi connectivity index (χ0) is 21.5. The number of hydrogen-bond acceptors (Lipinski definition) is 5. The van der Waals surface area contributed by atoms with Crippen LogP contribution in [0.25, 0.3) is 0 Å². The van der Waals surface area contributed by atoms with Crippen LogP contribution in [0.2, 0.25) is 0 Å². The number of aryl methyl sites for hydroxylation is 1. The molecule has 1 aromatic carbocycles. The first-order chi connectivity index (χ1) is 14.5. The largest absolute Gasteiger partial charge is 0.492 e. The molecule has 0 bridgehead atoms. The number of benzene rings is 1. The number of carbonyl (C=O) groups is 2. The fourth-order valence-electron chi connectivity index (χ4n) is 3.67. The lowest BCUT2D eigenvalue weighted by Gasteiger charge is -2.38. The van der Waals surface area contributed by atoms with Gasteiger partial charge in [-0.05, 0) is 38.2 Å². The summed E-state index contributed by atoms with van der Waals surface area (Å²) in [4.78, 5) is 29.6. The second-order valence-electron chi connectivity index (χ2n) is 7.49. The van der Waals surface area contributed by atoms with E-state index in [0.29, 0.717) is 24.6 Å². The van der Waals surface area contributed by atoms with Crippen LogP contribution < -0.4 is 15.4 Å². The molecule has 162 valence electrons. The topological polar surface area (TPSA) is 78.8 Å². The van der Waals surface area contributed by atoms with E-state index in [1.54, 1.807) is 18.2 Å². The first kappa shape index (κ1) is 21.9. The number of hydrogen-bond donors (Lipinski definition) is 2. The highest BCUT2D eigenvalue weighted by molar-refractivity contribution is 6.39. The van der Waals surface area contributed by atoms with E-state index >= 15 is 0 Å². The van der Waals surface area contributed by atoms with Crippen molar-refractivity contribution in [2.24, 2.45) is 7.05 Å². The van der Waals surface area contributed by atoms with Crippen LogP contribution >= 0.6 is 0 Å². The van der Waals surface area contributed by atoms with Gasteiger partial charge < -0.3 is 24.8 Å². The van der Waals surface area contributed by atoms with E-state index in [4.69, 9.17) is 4.74 Å². The number of carbonyl (C=O) groups excluding carboxylic acids is 2. The highest BCUT2D eigenvalue weighted by Crippen LogP contribution is 2.24. The molecule has 0 saturated carbocycles. The van der Waals surface area contributed by atoms with Crippen LogP contribution in [0, 0.1) is 0 Å². The van der Waals surface area contributed by atoms with Gasteiger partial charge in [-0.2, -0.15) is 0 Å². The Hall–Kier alpha value is -2.84. The van der Waals surface area contributed by atoms with E-state index in [9.17, 15) is 9.59 Å². The molecule has 0 aliphatic carbocycles.